The largest absolute Gasteiger partial charge is 0.416 e. The van der Waals surface area contributed by atoms with E-state index >= 15 is 0 Å². The number of nitrogens with two attached hydrogens (primary N) is 1. The van der Waals surface area contributed by atoms with Gasteiger partial charge in [-0.05, 0) is 42.0 Å². The molecule has 0 atom stereocenters. The van der Waals surface area contributed by atoms with Gasteiger partial charge in [-0.25, -0.2) is 13.2 Å². The van der Waals surface area contributed by atoms with Crippen LogP contribution in [0.2, 0.25) is 0 Å². The van der Waals surface area contributed by atoms with Crippen LogP contribution < -0.4 is 5.73 Å². The fraction of sp³-hybridized carbons (Fsp3) is 0.200. The van der Waals surface area contributed by atoms with Crippen LogP contribution in [-0.2, 0) is 19.6 Å². The number of hydrogen-bond donors (Lipinski definition) is 1. The van der Waals surface area contributed by atoms with Crippen LogP contribution in [0, 0.1) is 5.82 Å². The topological polar surface area (TPSA) is 60.9 Å². The summed E-state index contributed by atoms with van der Waals surface area (Å²) in [6, 6.07) is 7.39. The average molecular weight is 427 g/mol. The predicted molar refractivity (Wildman–Crippen MR) is 96.3 cm³/mol. The molecule has 0 saturated heterocycles. The molecule has 10 heteroatoms. The Morgan fingerprint density at radius 2 is 1.83 bits per heavy atom. The van der Waals surface area contributed by atoms with Crippen molar-refractivity contribution in [3.05, 3.63) is 76.2 Å². The summed E-state index contributed by atoms with van der Waals surface area (Å²) in [5, 5.41) is 4.17. The summed E-state index contributed by atoms with van der Waals surface area (Å²) in [5.74, 6) is -2.02. The summed E-state index contributed by atoms with van der Waals surface area (Å²) in [7, 11) is 1.52. The van der Waals surface area contributed by atoms with Crippen LogP contribution in [0.15, 0.2) is 42.5 Å². The van der Waals surface area contributed by atoms with Gasteiger partial charge in [0.15, 0.2) is 0 Å². The smallest absolute Gasteiger partial charge is 0.366 e. The third-order valence-electron chi connectivity index (χ3n) is 4.45. The highest BCUT2D eigenvalue weighted by Crippen LogP contribution is 2.32. The number of carbonyl (C=O) groups is 1. The van der Waals surface area contributed by atoms with E-state index < -0.39 is 35.5 Å². The number of halogens is 6. The fourth-order valence-electron chi connectivity index (χ4n) is 3.14. The molecular weight excluding hydrogens is 412 g/mol. The summed E-state index contributed by atoms with van der Waals surface area (Å²) in [6.07, 6.45) is -7.73. The van der Waals surface area contributed by atoms with Crippen LogP contribution >= 0.6 is 0 Å². The lowest BCUT2D eigenvalue weighted by atomic mass is 10.0. The second kappa shape index (κ2) is 7.85. The quantitative estimate of drug-likeness (QED) is 0.591. The maximum absolute atomic E-state index is 13.6. The number of carbonyl (C=O) groups excluding carboxylic acids is 1. The first-order valence-electron chi connectivity index (χ1n) is 8.57. The zero-order valence-electron chi connectivity index (χ0n) is 15.5. The minimum Gasteiger partial charge on any atom is -0.366 e. The van der Waals surface area contributed by atoms with Crippen LogP contribution in [0.5, 0.6) is 0 Å². The molecule has 0 aliphatic carbocycles. The number of primary amides is 1. The molecule has 1 heterocycles. The monoisotopic (exact) mass is 427 g/mol. The molecule has 158 valence electrons. The highest BCUT2D eigenvalue weighted by Gasteiger charge is 2.31. The third kappa shape index (κ3) is 4.47. The van der Waals surface area contributed by atoms with Gasteiger partial charge in [0.1, 0.15) is 5.82 Å². The Hall–Kier alpha value is -3.30. The summed E-state index contributed by atoms with van der Waals surface area (Å²) in [5.41, 5.74) is 4.22. The Bertz CT molecular complexity index is 1100. The maximum Gasteiger partial charge on any atom is 0.416 e. The van der Waals surface area contributed by atoms with Gasteiger partial charge in [0, 0.05) is 30.2 Å². The molecule has 0 unspecified atom stereocenters. The van der Waals surface area contributed by atoms with Gasteiger partial charge < -0.3 is 5.73 Å². The van der Waals surface area contributed by atoms with E-state index in [2.05, 4.69) is 5.10 Å². The Kier molecular flexibility index (Phi) is 5.60. The zero-order valence-corrected chi connectivity index (χ0v) is 15.5. The van der Waals surface area contributed by atoms with E-state index in [0.717, 1.165) is 18.2 Å². The first-order valence-corrected chi connectivity index (χ1v) is 8.57. The second-order valence-corrected chi connectivity index (χ2v) is 6.63. The summed E-state index contributed by atoms with van der Waals surface area (Å²) in [4.78, 5) is 11.3. The van der Waals surface area contributed by atoms with Gasteiger partial charge in [0.2, 0.25) is 5.91 Å². The zero-order chi connectivity index (χ0) is 22.2. The van der Waals surface area contributed by atoms with Crippen LogP contribution in [0.4, 0.5) is 26.3 Å². The van der Waals surface area contributed by atoms with Crippen molar-refractivity contribution in [1.82, 2.24) is 9.78 Å². The van der Waals surface area contributed by atoms with Crippen molar-refractivity contribution in [2.24, 2.45) is 12.8 Å². The second-order valence-electron chi connectivity index (χ2n) is 6.63. The van der Waals surface area contributed by atoms with Crippen molar-refractivity contribution >= 4 is 5.91 Å². The molecule has 2 N–H and O–H groups in total. The van der Waals surface area contributed by atoms with E-state index in [1.165, 1.54) is 29.9 Å². The van der Waals surface area contributed by atoms with Crippen molar-refractivity contribution in [2.75, 3.05) is 0 Å². The first kappa shape index (κ1) is 21.4. The van der Waals surface area contributed by atoms with Crippen LogP contribution in [0.3, 0.4) is 0 Å². The standard InChI is InChI=1S/C20H15F6N3O/c1-29-17(11-2-3-15(19(27)30)16(7-11)18(22)23)9-14(28-29)6-10-4-12(20(24,25)26)8-13(21)5-10/h2-5,7-9,18H,6H2,1H3,(H2,27,30). The van der Waals surface area contributed by atoms with Gasteiger partial charge >= 0.3 is 6.18 Å². The molecule has 0 spiro atoms. The van der Waals surface area contributed by atoms with Gasteiger partial charge in [-0.3, -0.25) is 9.48 Å². The maximum atomic E-state index is 13.6. The lowest BCUT2D eigenvalue weighted by molar-refractivity contribution is -0.137. The normalized spacial score (nSPS) is 11.9. The van der Waals surface area contributed by atoms with Crippen molar-refractivity contribution < 1.29 is 31.1 Å². The van der Waals surface area contributed by atoms with E-state index in [1.54, 1.807) is 0 Å². The molecule has 0 fully saturated rings. The van der Waals surface area contributed by atoms with Gasteiger partial charge in [0.05, 0.1) is 17.0 Å². The Balaban J connectivity index is 1.96. The SMILES string of the molecule is Cn1nc(Cc2cc(F)cc(C(F)(F)F)c2)cc1-c1ccc(C(N)=O)c(C(F)F)c1. The molecule has 3 aromatic rings. The van der Waals surface area contributed by atoms with Gasteiger partial charge in [-0.15, -0.1) is 0 Å². The first-order chi connectivity index (χ1) is 14.0. The third-order valence-corrected chi connectivity index (χ3v) is 4.45. The highest BCUT2D eigenvalue weighted by molar-refractivity contribution is 5.95. The Morgan fingerprint density at radius 1 is 1.13 bits per heavy atom. The lowest BCUT2D eigenvalue weighted by Crippen LogP contribution is -2.14. The van der Waals surface area contributed by atoms with Crippen LogP contribution in [0.1, 0.15) is 39.2 Å². The van der Waals surface area contributed by atoms with E-state index in [4.69, 9.17) is 5.73 Å². The Morgan fingerprint density at radius 3 is 2.43 bits per heavy atom. The number of rotatable bonds is 5. The molecule has 0 bridgehead atoms. The van der Waals surface area contributed by atoms with Crippen molar-refractivity contribution in [1.29, 1.82) is 0 Å². The summed E-state index contributed by atoms with van der Waals surface area (Å²) < 4.78 is 80.2. The molecule has 30 heavy (non-hydrogen) atoms. The minimum atomic E-state index is -4.69. The number of aryl methyl sites for hydroxylation is 1. The van der Waals surface area contributed by atoms with E-state index in [1.807, 2.05) is 0 Å². The predicted octanol–water partition coefficient (Wildman–Crippen LogP) is 4.87. The number of nitrogens with zero attached hydrogens (tertiary/aromatic N) is 2. The van der Waals surface area contributed by atoms with Gasteiger partial charge in [0.25, 0.3) is 6.43 Å². The number of aromatic nitrogens is 2. The molecule has 1 amide bonds. The Labute approximate surface area is 166 Å². The fourth-order valence-corrected chi connectivity index (χ4v) is 3.14. The molecule has 1 aromatic heterocycles. The number of hydrogen-bond acceptors (Lipinski definition) is 2. The molecule has 0 radical (unpaired) electrons. The summed E-state index contributed by atoms with van der Waals surface area (Å²) in [6.45, 7) is 0. The van der Waals surface area contributed by atoms with E-state index in [0.29, 0.717) is 23.0 Å². The minimum absolute atomic E-state index is 0.0596. The van der Waals surface area contributed by atoms with Crippen molar-refractivity contribution in [2.45, 2.75) is 19.0 Å². The van der Waals surface area contributed by atoms with E-state index in [9.17, 15) is 31.1 Å². The average Bonchev–Trinajstić information content (AvgIpc) is 2.99. The van der Waals surface area contributed by atoms with Gasteiger partial charge in [-0.2, -0.15) is 18.3 Å². The molecule has 0 saturated carbocycles. The highest BCUT2D eigenvalue weighted by atomic mass is 19.4. The van der Waals surface area contributed by atoms with Crippen LogP contribution in [-0.4, -0.2) is 15.7 Å². The van der Waals surface area contributed by atoms with Crippen molar-refractivity contribution in [3.8, 4) is 11.3 Å². The number of benzene rings is 2. The number of amides is 1. The van der Waals surface area contributed by atoms with Crippen LogP contribution in [0.25, 0.3) is 11.3 Å². The number of alkyl halides is 5. The molecule has 4 nitrogen and oxygen atoms in total. The lowest BCUT2D eigenvalue weighted by Gasteiger charge is -2.09. The molecule has 3 rings (SSSR count). The van der Waals surface area contributed by atoms with Gasteiger partial charge in [-0.1, -0.05) is 6.07 Å². The molecule has 0 aliphatic rings. The summed E-state index contributed by atoms with van der Waals surface area (Å²) >= 11 is 0. The van der Waals surface area contributed by atoms with E-state index in [-0.39, 0.29) is 17.5 Å². The molecule has 2 aromatic carbocycles. The molecule has 0 aliphatic heterocycles. The van der Waals surface area contributed by atoms with Crippen molar-refractivity contribution in [3.63, 3.8) is 0 Å². The molecular formula is C20H15F6N3O.